The van der Waals surface area contributed by atoms with Crippen molar-refractivity contribution in [2.75, 3.05) is 0 Å². The van der Waals surface area contributed by atoms with Crippen LogP contribution < -0.4 is 0 Å². The zero-order valence-electron chi connectivity index (χ0n) is 32.0. The number of benzene rings is 8. The van der Waals surface area contributed by atoms with E-state index in [0.717, 1.165) is 75.5 Å². The minimum absolute atomic E-state index is 0.202. The standard InChI is InChI=1S/C51H32N4O5S/c56-43-41(44(57)46(59)47(60)45(43)58)31-21-24-38-36(26-31)34-18-10-11-19-37(34)55(38)39-25-23-33(28-12-4-1-5-13-28)42-35-22-20-32(27-40(35)61-48(39)42)51-53-49(29-14-6-2-7-15-29)52-50(54-51)30-16-8-3-9-17-30/h1-27,56-60H. The second kappa shape index (κ2) is 14.0. The van der Waals surface area contributed by atoms with Gasteiger partial charge in [-0.3, -0.25) is 0 Å². The minimum Gasteiger partial charge on any atom is -0.504 e. The van der Waals surface area contributed by atoms with Crippen LogP contribution in [0.3, 0.4) is 0 Å². The Kier molecular flexibility index (Phi) is 8.23. The first-order chi connectivity index (χ1) is 29.8. The number of thiophene rings is 1. The molecule has 8 aromatic carbocycles. The quantitative estimate of drug-likeness (QED) is 0.0824. The molecule has 0 fully saturated rings. The summed E-state index contributed by atoms with van der Waals surface area (Å²) in [5.74, 6) is -2.59. The van der Waals surface area contributed by atoms with E-state index in [0.29, 0.717) is 23.0 Å². The van der Waals surface area contributed by atoms with Gasteiger partial charge in [-0.25, -0.2) is 15.0 Å². The van der Waals surface area contributed by atoms with E-state index in [1.807, 2.05) is 103 Å². The van der Waals surface area contributed by atoms with E-state index in [1.165, 1.54) is 0 Å². The summed E-state index contributed by atoms with van der Waals surface area (Å²) in [4.78, 5) is 14.9. The number of phenols is 5. The maximum atomic E-state index is 10.8. The zero-order valence-corrected chi connectivity index (χ0v) is 32.8. The van der Waals surface area contributed by atoms with Gasteiger partial charge in [0.1, 0.15) is 0 Å². The number of fused-ring (bicyclic) bond motifs is 6. The molecule has 3 aromatic heterocycles. The first kappa shape index (κ1) is 35.9. The summed E-state index contributed by atoms with van der Waals surface area (Å²) in [6.07, 6.45) is 0. The van der Waals surface area contributed by atoms with Crippen LogP contribution in [0.1, 0.15) is 0 Å². The molecule has 0 atom stereocenters. The van der Waals surface area contributed by atoms with Gasteiger partial charge in [0.15, 0.2) is 29.0 Å². The zero-order chi connectivity index (χ0) is 41.4. The van der Waals surface area contributed by atoms with E-state index in [1.54, 1.807) is 23.5 Å². The Hall–Kier alpha value is -8.21. The van der Waals surface area contributed by atoms with Gasteiger partial charge in [0.2, 0.25) is 17.2 Å². The van der Waals surface area contributed by atoms with Crippen LogP contribution in [-0.4, -0.2) is 45.1 Å². The SMILES string of the molecule is Oc1c(O)c(O)c(-c2ccc3c(c2)c2ccccc2n3-c2ccc(-c3ccccc3)c3c2sc2cc(-c4nc(-c5ccccc5)nc(-c5ccccc5)n4)ccc23)c(O)c1O. The van der Waals surface area contributed by atoms with E-state index in [4.69, 9.17) is 15.0 Å². The van der Waals surface area contributed by atoms with Crippen LogP contribution in [0.2, 0.25) is 0 Å². The van der Waals surface area contributed by atoms with Crippen molar-refractivity contribution in [3.05, 3.63) is 164 Å². The highest BCUT2D eigenvalue weighted by atomic mass is 32.1. The molecule has 11 aromatic rings. The lowest BCUT2D eigenvalue weighted by molar-refractivity contribution is 0.330. The van der Waals surface area contributed by atoms with Gasteiger partial charge in [0, 0.05) is 42.9 Å². The van der Waals surface area contributed by atoms with Crippen molar-refractivity contribution in [2.24, 2.45) is 0 Å². The summed E-state index contributed by atoms with van der Waals surface area (Å²) in [7, 11) is 0. The molecule has 0 aliphatic heterocycles. The molecule has 3 heterocycles. The van der Waals surface area contributed by atoms with Crippen LogP contribution >= 0.6 is 11.3 Å². The lowest BCUT2D eigenvalue weighted by atomic mass is 9.98. The van der Waals surface area contributed by atoms with Crippen molar-refractivity contribution in [1.29, 1.82) is 0 Å². The van der Waals surface area contributed by atoms with Gasteiger partial charge < -0.3 is 30.1 Å². The Labute approximate surface area is 351 Å². The number of nitrogens with zero attached hydrogens (tertiary/aromatic N) is 4. The van der Waals surface area contributed by atoms with Gasteiger partial charge in [-0.15, -0.1) is 11.3 Å². The molecule has 0 amide bonds. The first-order valence-electron chi connectivity index (χ1n) is 19.5. The largest absolute Gasteiger partial charge is 0.504 e. The molecule has 0 spiro atoms. The van der Waals surface area contributed by atoms with Crippen molar-refractivity contribution < 1.29 is 25.5 Å². The summed E-state index contributed by atoms with van der Waals surface area (Å²) in [6.45, 7) is 0. The van der Waals surface area contributed by atoms with Crippen molar-refractivity contribution in [3.63, 3.8) is 0 Å². The van der Waals surface area contributed by atoms with Gasteiger partial charge in [-0.2, -0.15) is 0 Å². The van der Waals surface area contributed by atoms with Crippen LogP contribution in [0.4, 0.5) is 0 Å². The molecule has 10 heteroatoms. The molecule has 0 bridgehead atoms. The summed E-state index contributed by atoms with van der Waals surface area (Å²) in [5.41, 5.74) is 7.72. The fourth-order valence-corrected chi connectivity index (χ4v) is 9.60. The average Bonchev–Trinajstić information content (AvgIpc) is 3.86. The Balaban J connectivity index is 1.15. The van der Waals surface area contributed by atoms with Gasteiger partial charge in [-0.1, -0.05) is 133 Å². The second-order valence-electron chi connectivity index (χ2n) is 14.8. The van der Waals surface area contributed by atoms with E-state index in [9.17, 15) is 25.5 Å². The van der Waals surface area contributed by atoms with E-state index in [2.05, 4.69) is 53.1 Å². The fraction of sp³-hybridized carbons (Fsp3) is 0. The highest BCUT2D eigenvalue weighted by Crippen LogP contribution is 2.55. The predicted octanol–water partition coefficient (Wildman–Crippen LogP) is 12.2. The summed E-state index contributed by atoms with van der Waals surface area (Å²) < 4.78 is 4.34. The molecule has 0 saturated carbocycles. The average molecular weight is 813 g/mol. The minimum atomic E-state index is -1.00. The fourth-order valence-electron chi connectivity index (χ4n) is 8.32. The number of para-hydroxylation sites is 1. The van der Waals surface area contributed by atoms with E-state index >= 15 is 0 Å². The van der Waals surface area contributed by atoms with Crippen LogP contribution in [-0.2, 0) is 0 Å². The van der Waals surface area contributed by atoms with Crippen LogP contribution in [0.25, 0.3) is 104 Å². The number of aromatic hydroxyl groups is 5. The van der Waals surface area contributed by atoms with E-state index in [-0.39, 0.29) is 5.56 Å². The molecule has 9 nitrogen and oxygen atoms in total. The number of rotatable bonds is 6. The number of hydrogen-bond acceptors (Lipinski definition) is 9. The lowest BCUT2D eigenvalue weighted by Crippen LogP contribution is -1.99. The summed E-state index contributed by atoms with van der Waals surface area (Å²) in [5, 5.41) is 56.4. The van der Waals surface area contributed by atoms with Crippen LogP contribution in [0, 0.1) is 0 Å². The summed E-state index contributed by atoms with van der Waals surface area (Å²) >= 11 is 1.69. The monoisotopic (exact) mass is 812 g/mol. The topological polar surface area (TPSA) is 145 Å². The second-order valence-corrected chi connectivity index (χ2v) is 15.8. The highest BCUT2D eigenvalue weighted by molar-refractivity contribution is 7.26. The molecule has 5 N–H and O–H groups in total. The van der Waals surface area contributed by atoms with Gasteiger partial charge in [-0.05, 0) is 47.0 Å². The van der Waals surface area contributed by atoms with Crippen molar-refractivity contribution in [1.82, 2.24) is 19.5 Å². The van der Waals surface area contributed by atoms with Gasteiger partial charge in [0.25, 0.3) is 0 Å². The maximum absolute atomic E-state index is 10.8. The van der Waals surface area contributed by atoms with Crippen molar-refractivity contribution >= 4 is 53.3 Å². The number of aromatic nitrogens is 4. The maximum Gasteiger partial charge on any atom is 0.208 e. The third kappa shape index (κ3) is 5.72. The first-order valence-corrected chi connectivity index (χ1v) is 20.3. The molecule has 61 heavy (non-hydrogen) atoms. The molecule has 0 unspecified atom stereocenters. The molecule has 0 aliphatic rings. The smallest absolute Gasteiger partial charge is 0.208 e. The predicted molar refractivity (Wildman–Crippen MR) is 243 cm³/mol. The highest BCUT2D eigenvalue weighted by Gasteiger charge is 2.26. The third-order valence-corrected chi connectivity index (χ3v) is 12.4. The Morgan fingerprint density at radius 1 is 0.393 bits per heavy atom. The number of hydrogen-bond donors (Lipinski definition) is 5. The van der Waals surface area contributed by atoms with Gasteiger partial charge in [0.05, 0.1) is 27.0 Å². The molecule has 0 saturated heterocycles. The Bertz CT molecular complexity index is 3450. The lowest BCUT2D eigenvalue weighted by Gasteiger charge is -2.14. The molecular weight excluding hydrogens is 781 g/mol. The molecular formula is C51H32N4O5S. The summed E-state index contributed by atoms with van der Waals surface area (Å²) in [6, 6.07) is 54.4. The third-order valence-electron chi connectivity index (χ3n) is 11.2. The van der Waals surface area contributed by atoms with Crippen LogP contribution in [0.5, 0.6) is 28.7 Å². The number of phenolic OH excluding ortho intramolecular Hbond substituents is 5. The van der Waals surface area contributed by atoms with Crippen molar-refractivity contribution in [3.8, 4) is 90.9 Å². The van der Waals surface area contributed by atoms with E-state index < -0.39 is 28.7 Å². The molecule has 0 aliphatic carbocycles. The molecule has 292 valence electrons. The Morgan fingerprint density at radius 2 is 0.918 bits per heavy atom. The molecule has 0 radical (unpaired) electrons. The van der Waals surface area contributed by atoms with Crippen molar-refractivity contribution in [2.45, 2.75) is 0 Å². The van der Waals surface area contributed by atoms with Crippen LogP contribution in [0.15, 0.2) is 164 Å². The Morgan fingerprint density at radius 3 is 1.56 bits per heavy atom. The normalized spacial score (nSPS) is 11.6. The van der Waals surface area contributed by atoms with Gasteiger partial charge >= 0.3 is 0 Å². The molecule has 11 rings (SSSR count).